The highest BCUT2D eigenvalue weighted by molar-refractivity contribution is 5.45. The zero-order chi connectivity index (χ0) is 21.1. The summed E-state index contributed by atoms with van der Waals surface area (Å²) in [5.41, 5.74) is 2.32. The normalized spacial score (nSPS) is 26.1. The molecule has 1 N–H and O–H groups in total. The summed E-state index contributed by atoms with van der Waals surface area (Å²) in [4.78, 5) is 2.47. The van der Waals surface area contributed by atoms with Crippen molar-refractivity contribution < 1.29 is 14.6 Å². The van der Waals surface area contributed by atoms with Gasteiger partial charge in [0.2, 0.25) is 0 Å². The Morgan fingerprint density at radius 3 is 2.50 bits per heavy atom. The predicted octanol–water partition coefficient (Wildman–Crippen LogP) is 5.00. The van der Waals surface area contributed by atoms with Crippen LogP contribution in [0.15, 0.2) is 48.5 Å². The monoisotopic (exact) mass is 409 g/mol. The van der Waals surface area contributed by atoms with E-state index in [1.807, 2.05) is 13.0 Å². The molecule has 30 heavy (non-hydrogen) atoms. The van der Waals surface area contributed by atoms with Crippen LogP contribution in [0.5, 0.6) is 11.5 Å². The summed E-state index contributed by atoms with van der Waals surface area (Å²) < 4.78 is 11.9. The van der Waals surface area contributed by atoms with E-state index in [-0.39, 0.29) is 17.4 Å². The molecule has 4 heteroatoms. The minimum Gasteiger partial charge on any atom is -0.493 e. The maximum Gasteiger partial charge on any atom is 0.161 e. The van der Waals surface area contributed by atoms with Gasteiger partial charge in [-0.3, -0.25) is 4.90 Å². The molecule has 1 heterocycles. The number of likely N-dealkylation sites (tertiary alicyclic amines) is 1. The van der Waals surface area contributed by atoms with Crippen LogP contribution in [0.1, 0.15) is 56.6 Å². The lowest BCUT2D eigenvalue weighted by Gasteiger charge is -2.34. The van der Waals surface area contributed by atoms with E-state index in [4.69, 9.17) is 9.47 Å². The summed E-state index contributed by atoms with van der Waals surface area (Å²) in [7, 11) is 1.70. The Balaban J connectivity index is 1.59. The van der Waals surface area contributed by atoms with Gasteiger partial charge in [-0.1, -0.05) is 43.3 Å². The van der Waals surface area contributed by atoms with Gasteiger partial charge in [-0.05, 0) is 55.9 Å². The fraction of sp³-hybridized carbons (Fsp3) is 0.538. The minimum atomic E-state index is -0.399. The van der Waals surface area contributed by atoms with Crippen LogP contribution in [0.2, 0.25) is 0 Å². The Morgan fingerprint density at radius 2 is 1.83 bits per heavy atom. The van der Waals surface area contributed by atoms with Gasteiger partial charge in [0, 0.05) is 31.0 Å². The Labute approximate surface area is 180 Å². The summed E-state index contributed by atoms with van der Waals surface area (Å²) in [5.74, 6) is 1.87. The molecule has 3 atom stereocenters. The smallest absolute Gasteiger partial charge is 0.161 e. The van der Waals surface area contributed by atoms with Crippen LogP contribution in [-0.2, 0) is 6.54 Å². The van der Waals surface area contributed by atoms with Crippen LogP contribution >= 0.6 is 0 Å². The molecule has 4 rings (SSSR count). The van der Waals surface area contributed by atoms with E-state index in [2.05, 4.69) is 54.3 Å². The van der Waals surface area contributed by atoms with Crippen molar-refractivity contribution in [2.75, 3.05) is 20.2 Å². The van der Waals surface area contributed by atoms with E-state index in [9.17, 15) is 5.11 Å². The first-order valence-electron chi connectivity index (χ1n) is 11.3. The van der Waals surface area contributed by atoms with Crippen LogP contribution < -0.4 is 9.47 Å². The van der Waals surface area contributed by atoms with Crippen molar-refractivity contribution in [3.05, 3.63) is 59.7 Å². The molecule has 0 aromatic heterocycles. The molecule has 4 nitrogen and oxygen atoms in total. The van der Waals surface area contributed by atoms with Crippen LogP contribution in [0.25, 0.3) is 0 Å². The zero-order valence-corrected chi connectivity index (χ0v) is 18.5. The number of methoxy groups -OCH3 is 1. The van der Waals surface area contributed by atoms with Gasteiger partial charge in [-0.25, -0.2) is 0 Å². The summed E-state index contributed by atoms with van der Waals surface area (Å²) in [6.07, 6.45) is 4.60. The molecule has 0 radical (unpaired) electrons. The molecule has 1 unspecified atom stereocenters. The predicted molar refractivity (Wildman–Crippen MR) is 120 cm³/mol. The molecule has 0 bridgehead atoms. The first-order valence-corrected chi connectivity index (χ1v) is 11.3. The molecule has 1 saturated carbocycles. The highest BCUT2D eigenvalue weighted by atomic mass is 16.5. The molecule has 162 valence electrons. The number of hydrogen-bond acceptors (Lipinski definition) is 4. The van der Waals surface area contributed by atoms with Gasteiger partial charge in [0.1, 0.15) is 0 Å². The van der Waals surface area contributed by atoms with Crippen molar-refractivity contribution in [3.8, 4) is 11.5 Å². The van der Waals surface area contributed by atoms with Gasteiger partial charge >= 0.3 is 0 Å². The van der Waals surface area contributed by atoms with Crippen LogP contribution in [0, 0.1) is 5.41 Å². The highest BCUT2D eigenvalue weighted by Gasteiger charge is 2.47. The van der Waals surface area contributed by atoms with Gasteiger partial charge in [0.15, 0.2) is 11.5 Å². The number of benzene rings is 2. The summed E-state index contributed by atoms with van der Waals surface area (Å²) in [6, 6.07) is 16.9. The Bertz CT molecular complexity index is 831. The average Bonchev–Trinajstić information content (AvgIpc) is 3.37. The Hall–Kier alpha value is -2.04. The molecule has 2 fully saturated rings. The van der Waals surface area contributed by atoms with E-state index >= 15 is 0 Å². The molecular formula is C26H35NO3. The molecule has 2 aromatic carbocycles. The number of nitrogens with zero attached hydrogens (tertiary/aromatic N) is 1. The highest BCUT2D eigenvalue weighted by Crippen LogP contribution is 2.47. The lowest BCUT2D eigenvalue weighted by molar-refractivity contribution is 0.0474. The second kappa shape index (κ2) is 8.99. The van der Waals surface area contributed by atoms with Gasteiger partial charge < -0.3 is 14.6 Å². The molecule has 0 spiro atoms. The molecule has 2 aliphatic rings. The lowest BCUT2D eigenvalue weighted by Crippen LogP contribution is -2.37. The van der Waals surface area contributed by atoms with Crippen LogP contribution in [0.4, 0.5) is 0 Å². The first kappa shape index (κ1) is 21.2. The molecule has 1 aliphatic heterocycles. The van der Waals surface area contributed by atoms with Crippen LogP contribution in [-0.4, -0.2) is 42.4 Å². The quantitative estimate of drug-likeness (QED) is 0.698. The third kappa shape index (κ3) is 4.35. The van der Waals surface area contributed by atoms with Crippen molar-refractivity contribution in [1.82, 2.24) is 4.90 Å². The van der Waals surface area contributed by atoms with E-state index in [1.54, 1.807) is 7.11 Å². The second-order valence-corrected chi connectivity index (χ2v) is 9.32. The maximum atomic E-state index is 10.7. The topological polar surface area (TPSA) is 41.9 Å². The summed E-state index contributed by atoms with van der Waals surface area (Å²) in [5, 5.41) is 10.7. The van der Waals surface area contributed by atoms with Gasteiger partial charge in [-0.15, -0.1) is 0 Å². The number of aliphatic hydroxyl groups is 1. The maximum absolute atomic E-state index is 10.7. The molecule has 2 aromatic rings. The van der Waals surface area contributed by atoms with Crippen LogP contribution in [0.3, 0.4) is 0 Å². The van der Waals surface area contributed by atoms with E-state index in [1.165, 1.54) is 24.0 Å². The van der Waals surface area contributed by atoms with E-state index < -0.39 is 6.10 Å². The summed E-state index contributed by atoms with van der Waals surface area (Å²) in [6.45, 7) is 6.84. The molecule has 1 saturated heterocycles. The first-order chi connectivity index (χ1) is 14.5. The van der Waals surface area contributed by atoms with Gasteiger partial charge in [0.05, 0.1) is 19.3 Å². The van der Waals surface area contributed by atoms with E-state index in [0.29, 0.717) is 0 Å². The van der Waals surface area contributed by atoms with Crippen molar-refractivity contribution in [2.45, 2.75) is 64.2 Å². The molecule has 1 aliphatic carbocycles. The van der Waals surface area contributed by atoms with E-state index in [0.717, 1.165) is 44.0 Å². The van der Waals surface area contributed by atoms with Crippen molar-refractivity contribution in [3.63, 3.8) is 0 Å². The van der Waals surface area contributed by atoms with Crippen molar-refractivity contribution in [1.29, 1.82) is 0 Å². The molecule has 0 amide bonds. The van der Waals surface area contributed by atoms with Gasteiger partial charge in [0.25, 0.3) is 0 Å². The fourth-order valence-electron chi connectivity index (χ4n) is 5.18. The Kier molecular flexibility index (Phi) is 6.35. The SMILES string of the molecule is COc1ccc([C@@H]2CN(Cc3ccccc3)C[C@]2(C)C(C)O)cc1OC1CCCC1. The number of hydrogen-bond donors (Lipinski definition) is 1. The van der Waals surface area contributed by atoms with Crippen molar-refractivity contribution >= 4 is 0 Å². The van der Waals surface area contributed by atoms with Crippen molar-refractivity contribution in [2.24, 2.45) is 5.41 Å². The Morgan fingerprint density at radius 1 is 1.10 bits per heavy atom. The third-order valence-electron chi connectivity index (χ3n) is 7.19. The van der Waals surface area contributed by atoms with Gasteiger partial charge in [-0.2, -0.15) is 0 Å². The number of ether oxygens (including phenoxy) is 2. The number of rotatable bonds is 7. The summed E-state index contributed by atoms with van der Waals surface area (Å²) >= 11 is 0. The molecular weight excluding hydrogens is 374 g/mol. The second-order valence-electron chi connectivity index (χ2n) is 9.32. The fourth-order valence-corrected chi connectivity index (χ4v) is 5.18. The minimum absolute atomic E-state index is 0.214. The largest absolute Gasteiger partial charge is 0.493 e. The average molecular weight is 410 g/mol. The lowest BCUT2D eigenvalue weighted by atomic mass is 9.72. The standard InChI is InChI=1S/C26H35NO3/c1-19(28)26(2)18-27(16-20-9-5-4-6-10-20)17-23(26)21-13-14-24(29-3)25(15-21)30-22-11-7-8-12-22/h4-6,9-10,13-15,19,22-23,28H,7-8,11-12,16-18H2,1-3H3/t19?,23-,26+/m0/s1. The zero-order valence-electron chi connectivity index (χ0n) is 18.5. The third-order valence-corrected chi connectivity index (χ3v) is 7.19. The number of aliphatic hydroxyl groups excluding tert-OH is 1.